The van der Waals surface area contributed by atoms with Crippen LogP contribution in [-0.2, 0) is 4.74 Å². The number of hydrogen-bond donors (Lipinski definition) is 1. The van der Waals surface area contributed by atoms with E-state index in [1.165, 1.54) is 0 Å². The summed E-state index contributed by atoms with van der Waals surface area (Å²) in [6.45, 7) is 5.99. The van der Waals surface area contributed by atoms with Crippen molar-refractivity contribution < 1.29 is 9.47 Å². The molecule has 0 spiro atoms. The Morgan fingerprint density at radius 3 is 2.82 bits per heavy atom. The fraction of sp³-hybridized carbons (Fsp3) is 0.750. The standard InChI is InChI=1S/C12H21N3O2/c1-10-12(9-13-14-10)17-11-3-5-15(6-4-11)7-8-16-2/h9,11H,3-8H2,1-2H3,(H,13,14). The minimum Gasteiger partial charge on any atom is -0.487 e. The molecule has 0 amide bonds. The molecular formula is C12H21N3O2. The van der Waals surface area contributed by atoms with Gasteiger partial charge in [0.2, 0.25) is 0 Å². The van der Waals surface area contributed by atoms with Crippen LogP contribution in [0.3, 0.4) is 0 Å². The van der Waals surface area contributed by atoms with E-state index < -0.39 is 0 Å². The van der Waals surface area contributed by atoms with Gasteiger partial charge in [0.1, 0.15) is 6.10 Å². The minimum absolute atomic E-state index is 0.324. The zero-order chi connectivity index (χ0) is 12.1. The number of hydrogen-bond acceptors (Lipinski definition) is 4. The molecule has 17 heavy (non-hydrogen) atoms. The molecule has 0 aromatic carbocycles. The highest BCUT2D eigenvalue weighted by Gasteiger charge is 2.20. The number of aryl methyl sites for hydroxylation is 1. The molecule has 1 fully saturated rings. The summed E-state index contributed by atoms with van der Waals surface area (Å²) in [6.07, 6.45) is 4.24. The molecule has 2 rings (SSSR count). The average molecular weight is 239 g/mol. The fourth-order valence-corrected chi connectivity index (χ4v) is 2.11. The number of ether oxygens (including phenoxy) is 2. The molecule has 1 aromatic rings. The van der Waals surface area contributed by atoms with Crippen LogP contribution in [0.25, 0.3) is 0 Å². The summed E-state index contributed by atoms with van der Waals surface area (Å²) in [4.78, 5) is 2.42. The van der Waals surface area contributed by atoms with E-state index in [1.54, 1.807) is 13.3 Å². The third-order valence-electron chi connectivity index (χ3n) is 3.22. The molecule has 0 saturated carbocycles. The highest BCUT2D eigenvalue weighted by atomic mass is 16.5. The molecule has 96 valence electrons. The molecule has 2 heterocycles. The number of methoxy groups -OCH3 is 1. The lowest BCUT2D eigenvalue weighted by Crippen LogP contribution is -2.39. The first-order valence-corrected chi connectivity index (χ1v) is 6.17. The van der Waals surface area contributed by atoms with Gasteiger partial charge in [0.05, 0.1) is 18.5 Å². The summed E-state index contributed by atoms with van der Waals surface area (Å²) in [7, 11) is 1.75. The van der Waals surface area contributed by atoms with E-state index in [1.807, 2.05) is 6.92 Å². The number of nitrogens with one attached hydrogen (secondary N) is 1. The SMILES string of the molecule is COCCN1CCC(Oc2cn[nH]c2C)CC1. The van der Waals surface area contributed by atoms with Crippen LogP contribution in [0.4, 0.5) is 0 Å². The van der Waals surface area contributed by atoms with Crippen molar-refractivity contribution in [1.82, 2.24) is 15.1 Å². The summed E-state index contributed by atoms with van der Waals surface area (Å²) in [5, 5.41) is 6.86. The number of aromatic nitrogens is 2. The van der Waals surface area contributed by atoms with Gasteiger partial charge in [-0.05, 0) is 19.8 Å². The van der Waals surface area contributed by atoms with E-state index in [-0.39, 0.29) is 0 Å². The topological polar surface area (TPSA) is 50.4 Å². The lowest BCUT2D eigenvalue weighted by Gasteiger charge is -2.31. The first kappa shape index (κ1) is 12.4. The molecule has 0 unspecified atom stereocenters. The van der Waals surface area contributed by atoms with Gasteiger partial charge in [-0.15, -0.1) is 0 Å². The van der Waals surface area contributed by atoms with Crippen LogP contribution in [-0.4, -0.2) is 54.6 Å². The van der Waals surface area contributed by atoms with Crippen molar-refractivity contribution in [2.75, 3.05) is 33.4 Å². The molecule has 1 aliphatic heterocycles. The Morgan fingerprint density at radius 2 is 2.24 bits per heavy atom. The Balaban J connectivity index is 1.74. The zero-order valence-electron chi connectivity index (χ0n) is 10.6. The van der Waals surface area contributed by atoms with Crippen molar-refractivity contribution in [3.05, 3.63) is 11.9 Å². The van der Waals surface area contributed by atoms with Crippen LogP contribution in [0.5, 0.6) is 5.75 Å². The fourth-order valence-electron chi connectivity index (χ4n) is 2.11. The van der Waals surface area contributed by atoms with Crippen molar-refractivity contribution >= 4 is 0 Å². The summed E-state index contributed by atoms with van der Waals surface area (Å²) in [5.41, 5.74) is 1.01. The number of nitrogens with zero attached hydrogens (tertiary/aromatic N) is 2. The van der Waals surface area contributed by atoms with E-state index in [4.69, 9.17) is 9.47 Å². The quantitative estimate of drug-likeness (QED) is 0.839. The van der Waals surface area contributed by atoms with Crippen molar-refractivity contribution in [2.45, 2.75) is 25.9 Å². The van der Waals surface area contributed by atoms with Crippen LogP contribution in [0.2, 0.25) is 0 Å². The Bertz CT molecular complexity index is 332. The second-order valence-corrected chi connectivity index (χ2v) is 4.51. The highest BCUT2D eigenvalue weighted by Crippen LogP contribution is 2.20. The first-order chi connectivity index (χ1) is 8.29. The maximum absolute atomic E-state index is 5.93. The smallest absolute Gasteiger partial charge is 0.160 e. The van der Waals surface area contributed by atoms with Gasteiger partial charge in [-0.3, -0.25) is 5.10 Å². The number of aromatic amines is 1. The average Bonchev–Trinajstić information content (AvgIpc) is 2.74. The van der Waals surface area contributed by atoms with Gasteiger partial charge >= 0.3 is 0 Å². The summed E-state index contributed by atoms with van der Waals surface area (Å²) in [6, 6.07) is 0. The van der Waals surface area contributed by atoms with Gasteiger partial charge in [0.15, 0.2) is 5.75 Å². The monoisotopic (exact) mass is 239 g/mol. The molecule has 0 aliphatic carbocycles. The lowest BCUT2D eigenvalue weighted by molar-refractivity contribution is 0.0794. The molecular weight excluding hydrogens is 218 g/mol. The van der Waals surface area contributed by atoms with Gasteiger partial charge in [0.25, 0.3) is 0 Å². The Kier molecular flexibility index (Phi) is 4.39. The van der Waals surface area contributed by atoms with Crippen molar-refractivity contribution in [2.24, 2.45) is 0 Å². The Labute approximate surface area is 102 Å². The van der Waals surface area contributed by atoms with Crippen LogP contribution >= 0.6 is 0 Å². The third kappa shape index (κ3) is 3.44. The Morgan fingerprint density at radius 1 is 1.47 bits per heavy atom. The van der Waals surface area contributed by atoms with Gasteiger partial charge < -0.3 is 14.4 Å². The number of H-pyrrole nitrogens is 1. The van der Waals surface area contributed by atoms with E-state index in [0.717, 1.165) is 50.5 Å². The predicted octanol–water partition coefficient (Wildman–Crippen LogP) is 1.21. The largest absolute Gasteiger partial charge is 0.487 e. The maximum atomic E-state index is 5.93. The number of rotatable bonds is 5. The maximum Gasteiger partial charge on any atom is 0.160 e. The van der Waals surface area contributed by atoms with Crippen LogP contribution in [0.15, 0.2) is 6.20 Å². The van der Waals surface area contributed by atoms with Crippen LogP contribution in [0.1, 0.15) is 18.5 Å². The van der Waals surface area contributed by atoms with Gasteiger partial charge in [-0.1, -0.05) is 0 Å². The third-order valence-corrected chi connectivity index (χ3v) is 3.22. The van der Waals surface area contributed by atoms with E-state index >= 15 is 0 Å². The minimum atomic E-state index is 0.324. The number of likely N-dealkylation sites (tertiary alicyclic amines) is 1. The van der Waals surface area contributed by atoms with E-state index in [2.05, 4.69) is 15.1 Å². The van der Waals surface area contributed by atoms with Crippen molar-refractivity contribution in [3.63, 3.8) is 0 Å². The van der Waals surface area contributed by atoms with E-state index in [0.29, 0.717) is 6.10 Å². The molecule has 1 aliphatic rings. The highest BCUT2D eigenvalue weighted by molar-refractivity contribution is 5.22. The molecule has 0 atom stereocenters. The van der Waals surface area contributed by atoms with Gasteiger partial charge in [-0.25, -0.2) is 0 Å². The van der Waals surface area contributed by atoms with Gasteiger partial charge in [0, 0.05) is 26.7 Å². The molecule has 0 bridgehead atoms. The summed E-state index contributed by atoms with van der Waals surface area (Å²) < 4.78 is 11.0. The molecule has 1 saturated heterocycles. The lowest BCUT2D eigenvalue weighted by atomic mass is 10.1. The van der Waals surface area contributed by atoms with Crippen LogP contribution in [0, 0.1) is 6.92 Å². The molecule has 1 aromatic heterocycles. The normalized spacial score (nSPS) is 18.5. The zero-order valence-corrected chi connectivity index (χ0v) is 10.6. The van der Waals surface area contributed by atoms with Crippen LogP contribution < -0.4 is 4.74 Å². The second-order valence-electron chi connectivity index (χ2n) is 4.51. The summed E-state index contributed by atoms with van der Waals surface area (Å²) >= 11 is 0. The van der Waals surface area contributed by atoms with Crippen molar-refractivity contribution in [1.29, 1.82) is 0 Å². The van der Waals surface area contributed by atoms with Gasteiger partial charge in [-0.2, -0.15) is 5.10 Å². The van der Waals surface area contributed by atoms with Crippen molar-refractivity contribution in [3.8, 4) is 5.75 Å². The molecule has 1 N–H and O–H groups in total. The summed E-state index contributed by atoms with van der Waals surface area (Å²) in [5.74, 6) is 0.889. The molecule has 5 heteroatoms. The molecule has 5 nitrogen and oxygen atoms in total. The Hall–Kier alpha value is -1.07. The van der Waals surface area contributed by atoms with E-state index in [9.17, 15) is 0 Å². The number of piperidine rings is 1. The molecule has 0 radical (unpaired) electrons. The predicted molar refractivity (Wildman–Crippen MR) is 65.3 cm³/mol. The second kappa shape index (κ2) is 6.02. The first-order valence-electron chi connectivity index (χ1n) is 6.17.